The molecule has 3 aromatic rings. The number of methoxy groups -OCH3 is 1. The molecular weight excluding hydrogens is 340 g/mol. The van der Waals surface area contributed by atoms with Crippen molar-refractivity contribution < 1.29 is 9.53 Å². The van der Waals surface area contributed by atoms with Crippen LogP contribution in [0.2, 0.25) is 0 Å². The Hall–Kier alpha value is -3.41. The number of amides is 1. The van der Waals surface area contributed by atoms with E-state index in [9.17, 15) is 4.79 Å². The summed E-state index contributed by atoms with van der Waals surface area (Å²) in [5, 5.41) is 14.2. The van der Waals surface area contributed by atoms with Crippen LogP contribution in [0.1, 0.15) is 27.2 Å². The average Bonchev–Trinajstić information content (AvgIpc) is 2.69. The number of carbonyl (C=O) groups is 1. The van der Waals surface area contributed by atoms with Crippen molar-refractivity contribution in [3.05, 3.63) is 77.0 Å². The molecule has 3 rings (SSSR count). The number of para-hydroxylation sites is 1. The van der Waals surface area contributed by atoms with E-state index in [-0.39, 0.29) is 11.6 Å². The van der Waals surface area contributed by atoms with Gasteiger partial charge in [0.25, 0.3) is 5.91 Å². The molecule has 0 atom stereocenters. The molecule has 0 bridgehead atoms. The molecule has 0 radical (unpaired) electrons. The van der Waals surface area contributed by atoms with Crippen LogP contribution in [-0.2, 0) is 6.54 Å². The molecule has 0 fully saturated rings. The predicted octanol–water partition coefficient (Wildman–Crippen LogP) is 3.78. The van der Waals surface area contributed by atoms with Gasteiger partial charge >= 0.3 is 0 Å². The molecule has 0 aliphatic heterocycles. The maximum atomic E-state index is 12.3. The van der Waals surface area contributed by atoms with E-state index >= 15 is 0 Å². The first kappa shape index (κ1) is 18.4. The number of hydrogen-bond acceptors (Lipinski definition) is 5. The van der Waals surface area contributed by atoms with Gasteiger partial charge in [0.05, 0.1) is 7.11 Å². The molecule has 0 unspecified atom stereocenters. The third-order valence-electron chi connectivity index (χ3n) is 4.17. The van der Waals surface area contributed by atoms with E-state index in [1.54, 1.807) is 19.2 Å². The molecule has 0 aliphatic carbocycles. The van der Waals surface area contributed by atoms with E-state index in [1.807, 2.05) is 43.3 Å². The molecule has 0 aliphatic rings. The summed E-state index contributed by atoms with van der Waals surface area (Å²) in [7, 11) is 1.60. The molecule has 0 saturated carbocycles. The quantitative estimate of drug-likeness (QED) is 0.698. The molecule has 1 amide bonds. The van der Waals surface area contributed by atoms with Crippen LogP contribution >= 0.6 is 0 Å². The normalized spacial score (nSPS) is 10.3. The summed E-state index contributed by atoms with van der Waals surface area (Å²) in [6.45, 7) is 4.44. The first-order valence-corrected chi connectivity index (χ1v) is 8.65. The van der Waals surface area contributed by atoms with Gasteiger partial charge in [-0.05, 0) is 43.7 Å². The molecule has 1 aromatic heterocycles. The van der Waals surface area contributed by atoms with Crippen molar-refractivity contribution in [3.63, 3.8) is 0 Å². The molecule has 138 valence electrons. The second-order valence-electron chi connectivity index (χ2n) is 6.24. The van der Waals surface area contributed by atoms with E-state index in [2.05, 4.69) is 33.8 Å². The Kier molecular flexibility index (Phi) is 5.66. The topological polar surface area (TPSA) is 76.1 Å². The van der Waals surface area contributed by atoms with Gasteiger partial charge in [-0.2, -0.15) is 0 Å². The number of nitrogens with one attached hydrogen (secondary N) is 2. The van der Waals surface area contributed by atoms with Gasteiger partial charge in [-0.15, -0.1) is 10.2 Å². The van der Waals surface area contributed by atoms with Crippen LogP contribution in [0, 0.1) is 13.8 Å². The molecule has 2 N–H and O–H groups in total. The zero-order valence-electron chi connectivity index (χ0n) is 15.6. The third kappa shape index (κ3) is 4.61. The Labute approximate surface area is 158 Å². The third-order valence-corrected chi connectivity index (χ3v) is 4.17. The second-order valence-corrected chi connectivity index (χ2v) is 6.24. The first-order chi connectivity index (χ1) is 13.1. The Morgan fingerprint density at radius 1 is 1.04 bits per heavy atom. The van der Waals surface area contributed by atoms with Gasteiger partial charge in [0.2, 0.25) is 0 Å². The molecule has 0 spiro atoms. The van der Waals surface area contributed by atoms with Crippen molar-refractivity contribution in [1.29, 1.82) is 0 Å². The van der Waals surface area contributed by atoms with E-state index in [0.29, 0.717) is 12.4 Å². The van der Waals surface area contributed by atoms with Gasteiger partial charge in [0.1, 0.15) is 5.75 Å². The van der Waals surface area contributed by atoms with Crippen LogP contribution in [-0.4, -0.2) is 23.2 Å². The van der Waals surface area contributed by atoms with E-state index in [0.717, 1.165) is 22.6 Å². The molecule has 2 aromatic carbocycles. The standard InChI is InChI=1S/C21H22N4O2/c1-14-8-9-17(15(2)12-14)23-20-11-10-18(24-25-20)21(26)22-13-16-6-4-5-7-19(16)27-3/h4-12H,13H2,1-3H3,(H,22,26)(H,23,25). The molecule has 1 heterocycles. The first-order valence-electron chi connectivity index (χ1n) is 8.65. The summed E-state index contributed by atoms with van der Waals surface area (Å²) in [5.74, 6) is 1.03. The number of carbonyl (C=O) groups excluding carboxylic acids is 1. The Morgan fingerprint density at radius 3 is 2.56 bits per heavy atom. The highest BCUT2D eigenvalue weighted by molar-refractivity contribution is 5.92. The zero-order valence-corrected chi connectivity index (χ0v) is 15.6. The fraction of sp³-hybridized carbons (Fsp3) is 0.190. The van der Waals surface area contributed by atoms with Crippen molar-refractivity contribution in [2.75, 3.05) is 12.4 Å². The Balaban J connectivity index is 1.63. The lowest BCUT2D eigenvalue weighted by Crippen LogP contribution is -2.24. The molecule has 6 heteroatoms. The smallest absolute Gasteiger partial charge is 0.272 e. The van der Waals surface area contributed by atoms with Gasteiger partial charge < -0.3 is 15.4 Å². The van der Waals surface area contributed by atoms with Gasteiger partial charge in [-0.25, -0.2) is 0 Å². The summed E-state index contributed by atoms with van der Waals surface area (Å²) in [6.07, 6.45) is 0. The van der Waals surface area contributed by atoms with Gasteiger partial charge in [0.15, 0.2) is 11.5 Å². The van der Waals surface area contributed by atoms with Crippen molar-refractivity contribution >= 4 is 17.4 Å². The molecule has 0 saturated heterocycles. The lowest BCUT2D eigenvalue weighted by Gasteiger charge is -2.10. The van der Waals surface area contributed by atoms with Crippen LogP contribution in [0.4, 0.5) is 11.5 Å². The van der Waals surface area contributed by atoms with Crippen molar-refractivity contribution in [3.8, 4) is 5.75 Å². The van der Waals surface area contributed by atoms with E-state index in [4.69, 9.17) is 4.74 Å². The number of anilines is 2. The highest BCUT2D eigenvalue weighted by Crippen LogP contribution is 2.20. The van der Waals surface area contributed by atoms with Crippen molar-refractivity contribution in [2.24, 2.45) is 0 Å². The maximum absolute atomic E-state index is 12.3. The Bertz CT molecular complexity index is 939. The minimum Gasteiger partial charge on any atom is -0.496 e. The number of benzene rings is 2. The lowest BCUT2D eigenvalue weighted by atomic mass is 10.1. The summed E-state index contributed by atoms with van der Waals surface area (Å²) in [5.41, 5.74) is 4.44. The van der Waals surface area contributed by atoms with Crippen molar-refractivity contribution in [1.82, 2.24) is 15.5 Å². The molecule has 6 nitrogen and oxygen atoms in total. The predicted molar refractivity (Wildman–Crippen MR) is 105 cm³/mol. The van der Waals surface area contributed by atoms with E-state index in [1.165, 1.54) is 5.56 Å². The minimum absolute atomic E-state index is 0.260. The fourth-order valence-corrected chi connectivity index (χ4v) is 2.73. The highest BCUT2D eigenvalue weighted by atomic mass is 16.5. The van der Waals surface area contributed by atoms with Crippen LogP contribution in [0.25, 0.3) is 0 Å². The minimum atomic E-state index is -0.286. The van der Waals surface area contributed by atoms with Gasteiger partial charge in [0, 0.05) is 17.8 Å². The number of hydrogen-bond donors (Lipinski definition) is 2. The highest BCUT2D eigenvalue weighted by Gasteiger charge is 2.10. The molecule has 27 heavy (non-hydrogen) atoms. The number of rotatable bonds is 6. The Morgan fingerprint density at radius 2 is 1.85 bits per heavy atom. The number of nitrogens with zero attached hydrogens (tertiary/aromatic N) is 2. The van der Waals surface area contributed by atoms with Crippen LogP contribution in [0.15, 0.2) is 54.6 Å². The number of ether oxygens (including phenoxy) is 1. The van der Waals surface area contributed by atoms with Crippen molar-refractivity contribution in [2.45, 2.75) is 20.4 Å². The van der Waals surface area contributed by atoms with Crippen LogP contribution < -0.4 is 15.4 Å². The number of aromatic nitrogens is 2. The lowest BCUT2D eigenvalue weighted by molar-refractivity contribution is 0.0944. The number of aryl methyl sites for hydroxylation is 2. The van der Waals surface area contributed by atoms with E-state index < -0.39 is 0 Å². The largest absolute Gasteiger partial charge is 0.496 e. The summed E-state index contributed by atoms with van der Waals surface area (Å²) < 4.78 is 5.29. The van der Waals surface area contributed by atoms with Gasteiger partial charge in [-0.3, -0.25) is 4.79 Å². The second kappa shape index (κ2) is 8.31. The van der Waals surface area contributed by atoms with Gasteiger partial charge in [-0.1, -0.05) is 35.9 Å². The fourth-order valence-electron chi connectivity index (χ4n) is 2.73. The van der Waals surface area contributed by atoms with Crippen LogP contribution in [0.3, 0.4) is 0 Å². The summed E-state index contributed by atoms with van der Waals surface area (Å²) in [4.78, 5) is 12.3. The van der Waals surface area contributed by atoms with Crippen LogP contribution in [0.5, 0.6) is 5.75 Å². The maximum Gasteiger partial charge on any atom is 0.272 e. The monoisotopic (exact) mass is 362 g/mol. The summed E-state index contributed by atoms with van der Waals surface area (Å²) in [6, 6.07) is 17.1. The zero-order chi connectivity index (χ0) is 19.2. The average molecular weight is 362 g/mol. The SMILES string of the molecule is COc1ccccc1CNC(=O)c1ccc(Nc2ccc(C)cc2C)nn1. The molecular formula is C21H22N4O2. The summed E-state index contributed by atoms with van der Waals surface area (Å²) >= 11 is 0.